The number of hydrogen-bond donors (Lipinski definition) is 2. The van der Waals surface area contributed by atoms with Crippen molar-refractivity contribution in [3.8, 4) is 11.4 Å². The number of aromatic amines is 1. The first-order valence-electron chi connectivity index (χ1n) is 10.2. The lowest BCUT2D eigenvalue weighted by Gasteiger charge is -2.17. The summed E-state index contributed by atoms with van der Waals surface area (Å²) in [7, 11) is 0. The van der Waals surface area contributed by atoms with Crippen LogP contribution in [0.25, 0.3) is 22.4 Å². The van der Waals surface area contributed by atoms with E-state index in [0.717, 1.165) is 21.5 Å². The standard InChI is InChI=1S/C24H22N4O3S/c1-2-31-24(30)21(15-32-18-6-4-3-5-7-18)28-23(29)17-8-9-19-20(14-17)27-22(26-19)16-10-12-25-13-11-16/h3-14,21H,2,15H2,1H3,(H,26,27)(H,28,29)/t21-/m1/s1. The van der Waals surface area contributed by atoms with Crippen molar-refractivity contribution in [3.05, 3.63) is 78.6 Å². The fraction of sp³-hybridized carbons (Fsp3) is 0.167. The highest BCUT2D eigenvalue weighted by molar-refractivity contribution is 7.99. The van der Waals surface area contributed by atoms with E-state index in [1.165, 1.54) is 11.8 Å². The first-order valence-corrected chi connectivity index (χ1v) is 11.2. The Hall–Kier alpha value is -3.65. The fourth-order valence-electron chi connectivity index (χ4n) is 3.15. The van der Waals surface area contributed by atoms with Gasteiger partial charge < -0.3 is 15.0 Å². The van der Waals surface area contributed by atoms with Crippen LogP contribution in [0, 0.1) is 0 Å². The number of imidazole rings is 1. The van der Waals surface area contributed by atoms with Crippen LogP contribution < -0.4 is 5.32 Å². The molecule has 2 aromatic carbocycles. The monoisotopic (exact) mass is 446 g/mol. The van der Waals surface area contributed by atoms with Crippen LogP contribution >= 0.6 is 11.8 Å². The number of amides is 1. The highest BCUT2D eigenvalue weighted by Gasteiger charge is 2.23. The van der Waals surface area contributed by atoms with E-state index in [0.29, 0.717) is 17.1 Å². The number of aromatic nitrogens is 3. The van der Waals surface area contributed by atoms with Crippen molar-refractivity contribution in [2.75, 3.05) is 12.4 Å². The van der Waals surface area contributed by atoms with Gasteiger partial charge in [-0.25, -0.2) is 9.78 Å². The zero-order chi connectivity index (χ0) is 22.3. The Kier molecular flexibility index (Phi) is 6.81. The Morgan fingerprint density at radius 1 is 1.09 bits per heavy atom. The minimum atomic E-state index is -0.766. The highest BCUT2D eigenvalue weighted by Crippen LogP contribution is 2.22. The molecule has 0 aliphatic heterocycles. The Morgan fingerprint density at radius 2 is 1.88 bits per heavy atom. The Bertz CT molecular complexity index is 1210. The summed E-state index contributed by atoms with van der Waals surface area (Å²) in [6.45, 7) is 1.99. The molecular weight excluding hydrogens is 424 g/mol. The lowest BCUT2D eigenvalue weighted by atomic mass is 10.1. The summed E-state index contributed by atoms with van der Waals surface area (Å²) in [4.78, 5) is 38.2. The van der Waals surface area contributed by atoms with Crippen LogP contribution in [-0.2, 0) is 9.53 Å². The summed E-state index contributed by atoms with van der Waals surface area (Å²) in [5, 5.41) is 2.81. The molecule has 0 saturated heterocycles. The van der Waals surface area contributed by atoms with E-state index in [1.807, 2.05) is 42.5 Å². The van der Waals surface area contributed by atoms with Gasteiger partial charge in [-0.3, -0.25) is 9.78 Å². The van der Waals surface area contributed by atoms with Crippen LogP contribution in [0.1, 0.15) is 17.3 Å². The molecule has 0 aliphatic rings. The molecule has 32 heavy (non-hydrogen) atoms. The van der Waals surface area contributed by atoms with Gasteiger partial charge in [0.2, 0.25) is 0 Å². The molecule has 0 unspecified atom stereocenters. The molecule has 4 aromatic rings. The van der Waals surface area contributed by atoms with E-state index in [-0.39, 0.29) is 12.5 Å². The van der Waals surface area contributed by atoms with Gasteiger partial charge in [-0.15, -0.1) is 11.8 Å². The minimum Gasteiger partial charge on any atom is -0.464 e. The number of rotatable bonds is 8. The van der Waals surface area contributed by atoms with E-state index < -0.39 is 12.0 Å². The van der Waals surface area contributed by atoms with Gasteiger partial charge in [-0.2, -0.15) is 0 Å². The summed E-state index contributed by atoms with van der Waals surface area (Å²) < 4.78 is 5.16. The molecule has 0 radical (unpaired) electrons. The molecule has 0 fully saturated rings. The van der Waals surface area contributed by atoms with Crippen molar-refractivity contribution >= 4 is 34.7 Å². The van der Waals surface area contributed by atoms with E-state index in [1.54, 1.807) is 37.5 Å². The molecule has 0 saturated carbocycles. The quantitative estimate of drug-likeness (QED) is 0.313. The number of nitrogens with zero attached hydrogens (tertiary/aromatic N) is 2. The van der Waals surface area contributed by atoms with E-state index in [9.17, 15) is 9.59 Å². The van der Waals surface area contributed by atoms with Crippen LogP contribution in [0.3, 0.4) is 0 Å². The maximum absolute atomic E-state index is 12.9. The third kappa shape index (κ3) is 5.15. The maximum atomic E-state index is 12.9. The van der Waals surface area contributed by atoms with Crippen molar-refractivity contribution in [1.29, 1.82) is 0 Å². The Balaban J connectivity index is 1.50. The Morgan fingerprint density at radius 3 is 2.62 bits per heavy atom. The number of nitrogens with one attached hydrogen (secondary N) is 2. The average Bonchev–Trinajstić information content (AvgIpc) is 3.26. The van der Waals surface area contributed by atoms with Crippen LogP contribution in [0.2, 0.25) is 0 Å². The van der Waals surface area contributed by atoms with Gasteiger partial charge in [0, 0.05) is 34.2 Å². The molecule has 1 atom stereocenters. The van der Waals surface area contributed by atoms with Crippen LogP contribution in [0.4, 0.5) is 0 Å². The molecule has 8 heteroatoms. The zero-order valence-electron chi connectivity index (χ0n) is 17.4. The van der Waals surface area contributed by atoms with Crippen molar-refractivity contribution < 1.29 is 14.3 Å². The zero-order valence-corrected chi connectivity index (χ0v) is 18.3. The summed E-state index contributed by atoms with van der Waals surface area (Å²) in [5.74, 6) is 0.266. The van der Waals surface area contributed by atoms with E-state index >= 15 is 0 Å². The largest absolute Gasteiger partial charge is 0.464 e. The maximum Gasteiger partial charge on any atom is 0.329 e. The van der Waals surface area contributed by atoms with Gasteiger partial charge in [0.25, 0.3) is 5.91 Å². The third-order valence-electron chi connectivity index (χ3n) is 4.73. The number of fused-ring (bicyclic) bond motifs is 1. The van der Waals surface area contributed by atoms with Gasteiger partial charge >= 0.3 is 5.97 Å². The predicted molar refractivity (Wildman–Crippen MR) is 124 cm³/mol. The molecule has 1 amide bonds. The highest BCUT2D eigenvalue weighted by atomic mass is 32.2. The lowest BCUT2D eigenvalue weighted by Crippen LogP contribution is -2.43. The van der Waals surface area contributed by atoms with Crippen molar-refractivity contribution in [1.82, 2.24) is 20.3 Å². The number of H-pyrrole nitrogens is 1. The lowest BCUT2D eigenvalue weighted by molar-refractivity contribution is -0.144. The molecule has 2 heterocycles. The second-order valence-electron chi connectivity index (χ2n) is 6.96. The SMILES string of the molecule is CCOC(=O)[C@@H](CSc1ccccc1)NC(=O)c1ccc2nc(-c3ccncc3)[nH]c2c1. The van der Waals surface area contributed by atoms with Crippen LogP contribution in [0.15, 0.2) is 78.0 Å². The van der Waals surface area contributed by atoms with Crippen molar-refractivity contribution in [2.24, 2.45) is 0 Å². The molecule has 0 aliphatic carbocycles. The molecule has 2 aromatic heterocycles. The molecular formula is C24H22N4O3S. The minimum absolute atomic E-state index is 0.249. The summed E-state index contributed by atoms with van der Waals surface area (Å²) in [6.07, 6.45) is 3.40. The Labute approximate surface area is 189 Å². The van der Waals surface area contributed by atoms with Crippen LogP contribution in [-0.4, -0.2) is 45.2 Å². The molecule has 4 rings (SSSR count). The summed E-state index contributed by atoms with van der Waals surface area (Å²) in [6, 6.07) is 17.9. The van der Waals surface area contributed by atoms with E-state index in [2.05, 4.69) is 20.3 Å². The van der Waals surface area contributed by atoms with Gasteiger partial charge in [0.1, 0.15) is 11.9 Å². The van der Waals surface area contributed by atoms with E-state index in [4.69, 9.17) is 4.74 Å². The predicted octanol–water partition coefficient (Wildman–Crippen LogP) is 4.08. The molecule has 2 N–H and O–H groups in total. The summed E-state index contributed by atoms with van der Waals surface area (Å²) in [5.41, 5.74) is 2.81. The van der Waals surface area contributed by atoms with Gasteiger partial charge in [0.05, 0.1) is 17.6 Å². The molecule has 162 valence electrons. The van der Waals surface area contributed by atoms with Gasteiger partial charge in [-0.1, -0.05) is 18.2 Å². The number of ether oxygens (including phenoxy) is 1. The average molecular weight is 447 g/mol. The normalized spacial score (nSPS) is 11.8. The number of carbonyl (C=O) groups is 2. The number of thioether (sulfide) groups is 1. The van der Waals surface area contributed by atoms with Crippen molar-refractivity contribution in [3.63, 3.8) is 0 Å². The topological polar surface area (TPSA) is 97.0 Å². The second kappa shape index (κ2) is 10.1. The fourth-order valence-corrected chi connectivity index (χ4v) is 4.07. The first-order chi connectivity index (χ1) is 15.6. The van der Waals surface area contributed by atoms with Gasteiger partial charge in [-0.05, 0) is 49.4 Å². The number of esters is 1. The van der Waals surface area contributed by atoms with Gasteiger partial charge in [0.15, 0.2) is 0 Å². The first kappa shape index (κ1) is 21.6. The molecule has 0 bridgehead atoms. The van der Waals surface area contributed by atoms with Crippen LogP contribution in [0.5, 0.6) is 0 Å². The second-order valence-corrected chi connectivity index (χ2v) is 8.05. The molecule has 7 nitrogen and oxygen atoms in total. The number of hydrogen-bond acceptors (Lipinski definition) is 6. The number of pyridine rings is 1. The number of carbonyl (C=O) groups excluding carboxylic acids is 2. The summed E-state index contributed by atoms with van der Waals surface area (Å²) >= 11 is 1.49. The third-order valence-corrected chi connectivity index (χ3v) is 5.84. The van der Waals surface area contributed by atoms with Crippen molar-refractivity contribution in [2.45, 2.75) is 17.9 Å². The number of benzene rings is 2. The molecule has 0 spiro atoms. The smallest absolute Gasteiger partial charge is 0.329 e.